The molecule has 1 heterocycles. The fraction of sp³-hybridized carbons (Fsp3) is 0.389. The van der Waals surface area contributed by atoms with Gasteiger partial charge in [0.25, 0.3) is 0 Å². The summed E-state index contributed by atoms with van der Waals surface area (Å²) in [5.74, 6) is 0.274. The number of nitrogens with zero attached hydrogens (tertiary/aromatic N) is 2. The maximum Gasteiger partial charge on any atom is 0.191 e. The zero-order valence-electron chi connectivity index (χ0n) is 14.4. The fourth-order valence-corrected chi connectivity index (χ4v) is 4.06. The molecule has 0 amide bonds. The van der Waals surface area contributed by atoms with Crippen LogP contribution in [0, 0.1) is 0 Å². The SMILES string of the molecule is CC1=C(CSC(=S)NN2CCN(C)CC2)C(=O)c2ccccc2C1=O. The van der Waals surface area contributed by atoms with Gasteiger partial charge in [0.2, 0.25) is 0 Å². The summed E-state index contributed by atoms with van der Waals surface area (Å²) >= 11 is 6.79. The molecule has 132 valence electrons. The largest absolute Gasteiger partial charge is 0.304 e. The average molecular weight is 376 g/mol. The maximum absolute atomic E-state index is 12.7. The molecule has 0 aromatic heterocycles. The van der Waals surface area contributed by atoms with Gasteiger partial charge in [-0.25, -0.2) is 5.01 Å². The number of thioether (sulfide) groups is 1. The molecule has 0 unspecified atom stereocenters. The summed E-state index contributed by atoms with van der Waals surface area (Å²) in [7, 11) is 2.10. The van der Waals surface area contributed by atoms with Crippen molar-refractivity contribution in [1.82, 2.24) is 15.3 Å². The van der Waals surface area contributed by atoms with Gasteiger partial charge in [-0.15, -0.1) is 0 Å². The lowest BCUT2D eigenvalue weighted by atomic mass is 9.85. The van der Waals surface area contributed by atoms with E-state index >= 15 is 0 Å². The number of Topliss-reactive ketones (excluding diaryl/α,β-unsaturated/α-hetero) is 2. The van der Waals surface area contributed by atoms with E-state index in [1.165, 1.54) is 11.8 Å². The summed E-state index contributed by atoms with van der Waals surface area (Å²) in [6.45, 7) is 5.53. The van der Waals surface area contributed by atoms with Crippen molar-refractivity contribution in [3.05, 3.63) is 46.5 Å². The summed E-state index contributed by atoms with van der Waals surface area (Å²) in [5.41, 5.74) is 5.29. The third-order valence-corrected chi connectivity index (χ3v) is 5.82. The Bertz CT molecular complexity index is 752. The Morgan fingerprint density at radius 3 is 2.36 bits per heavy atom. The average Bonchev–Trinajstić information content (AvgIpc) is 2.62. The van der Waals surface area contributed by atoms with Crippen molar-refractivity contribution in [3.8, 4) is 0 Å². The third kappa shape index (κ3) is 4.00. The number of rotatable bonds is 3. The summed E-state index contributed by atoms with van der Waals surface area (Å²) in [4.78, 5) is 27.5. The Morgan fingerprint density at radius 1 is 1.12 bits per heavy atom. The Morgan fingerprint density at radius 2 is 1.72 bits per heavy atom. The van der Waals surface area contributed by atoms with E-state index in [0.717, 1.165) is 26.2 Å². The zero-order valence-corrected chi connectivity index (χ0v) is 16.0. The number of fused-ring (bicyclic) bond motifs is 1. The molecule has 7 heteroatoms. The van der Waals surface area contributed by atoms with Crippen molar-refractivity contribution >= 4 is 39.9 Å². The number of thiocarbonyl (C=S) groups is 1. The van der Waals surface area contributed by atoms with Crippen LogP contribution in [0.5, 0.6) is 0 Å². The number of hydrazine groups is 1. The number of allylic oxidation sites excluding steroid dienone is 1. The summed E-state index contributed by atoms with van der Waals surface area (Å²) in [6.07, 6.45) is 0. The van der Waals surface area contributed by atoms with Crippen LogP contribution >= 0.6 is 24.0 Å². The summed E-state index contributed by atoms with van der Waals surface area (Å²) in [5, 5.41) is 2.10. The zero-order chi connectivity index (χ0) is 18.0. The molecule has 1 saturated heterocycles. The molecule has 0 saturated carbocycles. The molecule has 1 aromatic carbocycles. The second kappa shape index (κ2) is 7.78. The third-order valence-electron chi connectivity index (χ3n) is 4.58. The highest BCUT2D eigenvalue weighted by molar-refractivity contribution is 8.23. The Hall–Kier alpha value is -1.54. The maximum atomic E-state index is 12.7. The number of carbonyl (C=O) groups excluding carboxylic acids is 2. The second-order valence-corrected chi connectivity index (χ2v) is 7.94. The summed E-state index contributed by atoms with van der Waals surface area (Å²) < 4.78 is 0.629. The molecular weight excluding hydrogens is 354 g/mol. The minimum absolute atomic E-state index is 0.0660. The topological polar surface area (TPSA) is 52.6 Å². The normalized spacial score (nSPS) is 19.1. The first kappa shape index (κ1) is 18.3. The van der Waals surface area contributed by atoms with Crippen LogP contribution < -0.4 is 5.43 Å². The lowest BCUT2D eigenvalue weighted by Crippen LogP contribution is -2.51. The molecule has 1 fully saturated rings. The predicted molar refractivity (Wildman–Crippen MR) is 105 cm³/mol. The van der Waals surface area contributed by atoms with Gasteiger partial charge in [0, 0.05) is 54.2 Å². The van der Waals surface area contributed by atoms with E-state index in [0.29, 0.717) is 32.3 Å². The molecule has 0 radical (unpaired) electrons. The highest BCUT2D eigenvalue weighted by Gasteiger charge is 2.29. The molecular formula is C18H21N3O2S2. The number of nitrogens with one attached hydrogen (secondary N) is 1. The van der Waals surface area contributed by atoms with Crippen LogP contribution in [-0.4, -0.2) is 64.8 Å². The van der Waals surface area contributed by atoms with Gasteiger partial charge in [0.15, 0.2) is 11.6 Å². The molecule has 0 atom stereocenters. The molecule has 1 aliphatic carbocycles. The number of likely N-dealkylation sites (N-methyl/N-ethyl adjacent to an activating group) is 1. The molecule has 1 N–H and O–H groups in total. The van der Waals surface area contributed by atoms with E-state index in [4.69, 9.17) is 12.2 Å². The predicted octanol–water partition coefficient (Wildman–Crippen LogP) is 2.15. The quantitative estimate of drug-likeness (QED) is 0.813. The van der Waals surface area contributed by atoms with E-state index in [9.17, 15) is 9.59 Å². The fourth-order valence-electron chi connectivity index (χ4n) is 2.94. The molecule has 1 aliphatic heterocycles. The second-order valence-electron chi connectivity index (χ2n) is 6.29. The standard InChI is InChI=1S/C18H21N3O2S2/c1-12-15(17(23)14-6-4-3-5-13(14)16(12)22)11-25-18(24)19-21-9-7-20(2)8-10-21/h3-6H,7-11H2,1-2H3,(H,19,24). The molecule has 3 rings (SSSR count). The molecule has 0 bridgehead atoms. The number of ketones is 2. The highest BCUT2D eigenvalue weighted by Crippen LogP contribution is 2.28. The number of hydrogen-bond acceptors (Lipinski definition) is 6. The molecule has 5 nitrogen and oxygen atoms in total. The highest BCUT2D eigenvalue weighted by atomic mass is 32.2. The van der Waals surface area contributed by atoms with Crippen LogP contribution in [0.3, 0.4) is 0 Å². The van der Waals surface area contributed by atoms with E-state index in [-0.39, 0.29) is 11.6 Å². The number of carbonyl (C=O) groups is 2. The Balaban J connectivity index is 1.63. The molecule has 25 heavy (non-hydrogen) atoms. The van der Waals surface area contributed by atoms with Crippen LogP contribution in [0.25, 0.3) is 0 Å². The molecule has 0 spiro atoms. The lowest BCUT2D eigenvalue weighted by Gasteiger charge is -2.33. The summed E-state index contributed by atoms with van der Waals surface area (Å²) in [6, 6.07) is 7.00. The van der Waals surface area contributed by atoms with Crippen molar-refractivity contribution in [2.75, 3.05) is 39.0 Å². The van der Waals surface area contributed by atoms with Crippen LogP contribution in [0.4, 0.5) is 0 Å². The van der Waals surface area contributed by atoms with Crippen molar-refractivity contribution in [2.24, 2.45) is 0 Å². The van der Waals surface area contributed by atoms with Gasteiger partial charge in [0.05, 0.1) is 0 Å². The number of piperazine rings is 1. The van der Waals surface area contributed by atoms with Gasteiger partial charge in [-0.3, -0.25) is 9.59 Å². The van der Waals surface area contributed by atoms with Gasteiger partial charge < -0.3 is 10.3 Å². The molecule has 1 aromatic rings. The van der Waals surface area contributed by atoms with Crippen LogP contribution in [0.2, 0.25) is 0 Å². The van der Waals surface area contributed by atoms with Gasteiger partial charge in [-0.2, -0.15) is 0 Å². The van der Waals surface area contributed by atoms with Crippen LogP contribution in [0.1, 0.15) is 27.6 Å². The van der Waals surface area contributed by atoms with E-state index < -0.39 is 0 Å². The molecule has 2 aliphatic rings. The first-order valence-electron chi connectivity index (χ1n) is 8.22. The first-order valence-corrected chi connectivity index (χ1v) is 9.62. The van der Waals surface area contributed by atoms with Crippen molar-refractivity contribution in [3.63, 3.8) is 0 Å². The minimum Gasteiger partial charge on any atom is -0.304 e. The monoisotopic (exact) mass is 375 g/mol. The first-order chi connectivity index (χ1) is 12.0. The number of hydrogen-bond donors (Lipinski definition) is 1. The van der Waals surface area contributed by atoms with Gasteiger partial charge >= 0.3 is 0 Å². The van der Waals surface area contributed by atoms with Gasteiger partial charge in [-0.1, -0.05) is 48.2 Å². The van der Waals surface area contributed by atoms with E-state index in [1.54, 1.807) is 31.2 Å². The number of benzene rings is 1. The van der Waals surface area contributed by atoms with Crippen molar-refractivity contribution in [2.45, 2.75) is 6.92 Å². The van der Waals surface area contributed by atoms with E-state index in [1.807, 2.05) is 0 Å². The van der Waals surface area contributed by atoms with Crippen molar-refractivity contribution < 1.29 is 9.59 Å². The smallest absolute Gasteiger partial charge is 0.191 e. The van der Waals surface area contributed by atoms with Crippen LogP contribution in [-0.2, 0) is 0 Å². The Kier molecular flexibility index (Phi) is 5.68. The van der Waals surface area contributed by atoms with Gasteiger partial charge in [-0.05, 0) is 14.0 Å². The lowest BCUT2D eigenvalue weighted by molar-refractivity contribution is 0.0975. The minimum atomic E-state index is -0.0670. The Labute approximate surface area is 157 Å². The van der Waals surface area contributed by atoms with E-state index in [2.05, 4.69) is 22.4 Å². The van der Waals surface area contributed by atoms with Crippen molar-refractivity contribution in [1.29, 1.82) is 0 Å². The van der Waals surface area contributed by atoms with Crippen LogP contribution in [0.15, 0.2) is 35.4 Å². The van der Waals surface area contributed by atoms with Gasteiger partial charge in [0.1, 0.15) is 4.32 Å².